The summed E-state index contributed by atoms with van der Waals surface area (Å²) in [4.78, 5) is 22.9. The van der Waals surface area contributed by atoms with E-state index in [1.807, 2.05) is 26.0 Å². The van der Waals surface area contributed by atoms with Gasteiger partial charge in [-0.1, -0.05) is 38.8 Å². The molecule has 0 atom stereocenters. The van der Waals surface area contributed by atoms with Crippen molar-refractivity contribution in [3.8, 4) is 0 Å². The smallest absolute Gasteiger partial charge is 0.258 e. The maximum atomic E-state index is 11.4. The number of nitro groups is 2. The second kappa shape index (κ2) is 9.59. The Morgan fingerprint density at radius 2 is 1.15 bits per heavy atom. The highest BCUT2D eigenvalue weighted by molar-refractivity contribution is 8.76. The minimum Gasteiger partial charge on any atom is -0.258 e. The maximum Gasteiger partial charge on any atom is 0.284 e. The molecule has 2 rings (SSSR count). The molecule has 0 amide bonds. The lowest BCUT2D eigenvalue weighted by molar-refractivity contribution is -0.388. The number of nitrogens with zero attached hydrogens (tertiary/aromatic N) is 2. The summed E-state index contributed by atoms with van der Waals surface area (Å²) in [6, 6.07) is 10.4. The average Bonchev–Trinajstić information content (AvgIpc) is 2.61. The molecule has 2 aromatic rings. The molecule has 0 aliphatic carbocycles. The molecule has 0 spiro atoms. The topological polar surface area (TPSA) is 86.3 Å². The van der Waals surface area contributed by atoms with E-state index in [0.717, 1.165) is 36.8 Å². The molecule has 26 heavy (non-hydrogen) atoms. The Kier molecular flexibility index (Phi) is 7.47. The van der Waals surface area contributed by atoms with Crippen LogP contribution in [0.4, 0.5) is 11.4 Å². The Morgan fingerprint density at radius 3 is 1.46 bits per heavy atom. The predicted octanol–water partition coefficient (Wildman–Crippen LogP) is 6.21. The number of rotatable bonds is 9. The van der Waals surface area contributed by atoms with Crippen LogP contribution in [0.3, 0.4) is 0 Å². The third-order valence-electron chi connectivity index (χ3n) is 3.74. The van der Waals surface area contributed by atoms with E-state index in [1.54, 1.807) is 24.3 Å². The molecular weight excluding hydrogens is 372 g/mol. The second-order valence-corrected chi connectivity index (χ2v) is 8.00. The second-order valence-electron chi connectivity index (χ2n) is 5.79. The molecule has 0 N–H and O–H groups in total. The van der Waals surface area contributed by atoms with Gasteiger partial charge in [0.1, 0.15) is 0 Å². The largest absolute Gasteiger partial charge is 0.284 e. The Balaban J connectivity index is 2.25. The molecule has 0 bridgehead atoms. The van der Waals surface area contributed by atoms with Crippen LogP contribution in [0.1, 0.15) is 37.8 Å². The van der Waals surface area contributed by atoms with Gasteiger partial charge in [0, 0.05) is 12.1 Å². The average molecular weight is 393 g/mol. The Morgan fingerprint density at radius 1 is 0.769 bits per heavy atom. The van der Waals surface area contributed by atoms with Crippen molar-refractivity contribution in [1.29, 1.82) is 0 Å². The van der Waals surface area contributed by atoms with Crippen LogP contribution in [0, 0.1) is 20.2 Å². The van der Waals surface area contributed by atoms with E-state index in [1.165, 1.54) is 21.6 Å². The number of hydrogen-bond acceptors (Lipinski definition) is 6. The molecule has 2 aromatic carbocycles. The van der Waals surface area contributed by atoms with Crippen molar-refractivity contribution in [3.63, 3.8) is 0 Å². The van der Waals surface area contributed by atoms with Crippen LogP contribution in [-0.2, 0) is 12.8 Å². The van der Waals surface area contributed by atoms with Crippen molar-refractivity contribution in [2.24, 2.45) is 0 Å². The molecule has 0 saturated heterocycles. The van der Waals surface area contributed by atoms with Gasteiger partial charge in [0.15, 0.2) is 0 Å². The highest BCUT2D eigenvalue weighted by atomic mass is 33.1. The molecule has 0 radical (unpaired) electrons. The highest BCUT2D eigenvalue weighted by Crippen LogP contribution is 2.45. The SMILES string of the molecule is CCCc1ccc(SSc2ccc(CCC)cc2[N+](=O)[O-])c([N+](=O)[O-])c1. The van der Waals surface area contributed by atoms with Crippen molar-refractivity contribution in [3.05, 3.63) is 67.8 Å². The van der Waals surface area contributed by atoms with Crippen LogP contribution in [0.5, 0.6) is 0 Å². The van der Waals surface area contributed by atoms with Crippen LogP contribution in [0.2, 0.25) is 0 Å². The summed E-state index contributed by atoms with van der Waals surface area (Å²) in [6.07, 6.45) is 3.38. The fourth-order valence-corrected chi connectivity index (χ4v) is 4.78. The third kappa shape index (κ3) is 5.22. The first kappa shape index (κ1) is 20.3. The van der Waals surface area contributed by atoms with Gasteiger partial charge in [0.2, 0.25) is 0 Å². The molecule has 0 aliphatic rings. The Bertz CT molecular complexity index is 744. The summed E-state index contributed by atoms with van der Waals surface area (Å²) in [5, 5.41) is 22.7. The summed E-state index contributed by atoms with van der Waals surface area (Å²) < 4.78 is 0. The molecule has 6 nitrogen and oxygen atoms in total. The van der Waals surface area contributed by atoms with Gasteiger partial charge in [0.25, 0.3) is 11.4 Å². The monoisotopic (exact) mass is 392 g/mol. The van der Waals surface area contributed by atoms with Crippen molar-refractivity contribution in [1.82, 2.24) is 0 Å². The van der Waals surface area contributed by atoms with Crippen LogP contribution in [0.25, 0.3) is 0 Å². The lowest BCUT2D eigenvalue weighted by atomic mass is 10.1. The molecule has 0 saturated carbocycles. The normalized spacial score (nSPS) is 10.7. The van der Waals surface area contributed by atoms with Crippen LogP contribution >= 0.6 is 21.6 Å². The lowest BCUT2D eigenvalue weighted by Crippen LogP contribution is -1.94. The number of benzene rings is 2. The number of nitro benzene ring substituents is 2. The zero-order valence-corrected chi connectivity index (χ0v) is 16.3. The van der Waals surface area contributed by atoms with E-state index < -0.39 is 9.85 Å². The number of aryl methyl sites for hydroxylation is 2. The van der Waals surface area contributed by atoms with Gasteiger partial charge in [-0.15, -0.1) is 0 Å². The molecule has 138 valence electrons. The lowest BCUT2D eigenvalue weighted by Gasteiger charge is -2.07. The van der Waals surface area contributed by atoms with Gasteiger partial charge >= 0.3 is 0 Å². The standard InChI is InChI=1S/C18H20N2O4S2/c1-3-5-13-7-9-17(15(11-13)19(21)22)25-26-18-10-8-14(6-4-2)12-16(18)20(23)24/h7-12H,3-6H2,1-2H3. The van der Waals surface area contributed by atoms with Gasteiger partial charge in [-0.2, -0.15) is 0 Å². The third-order valence-corrected chi connectivity index (χ3v) is 6.20. The minimum atomic E-state index is -0.402. The first-order valence-corrected chi connectivity index (χ1v) is 10.5. The van der Waals surface area contributed by atoms with Crippen molar-refractivity contribution in [2.75, 3.05) is 0 Å². The number of hydrogen-bond donors (Lipinski definition) is 0. The van der Waals surface area contributed by atoms with E-state index in [2.05, 4.69) is 0 Å². The van der Waals surface area contributed by atoms with Gasteiger partial charge in [0.05, 0.1) is 19.6 Å². The zero-order valence-electron chi connectivity index (χ0n) is 14.6. The summed E-state index contributed by atoms with van der Waals surface area (Å²) in [7, 11) is 2.35. The Labute approximate surface area is 160 Å². The van der Waals surface area contributed by atoms with Crippen molar-refractivity contribution >= 4 is 33.0 Å². The molecular formula is C18H20N2O4S2. The van der Waals surface area contributed by atoms with Crippen LogP contribution < -0.4 is 0 Å². The quantitative estimate of drug-likeness (QED) is 0.286. The van der Waals surface area contributed by atoms with E-state index in [0.29, 0.717) is 9.79 Å². The van der Waals surface area contributed by atoms with Crippen LogP contribution in [-0.4, -0.2) is 9.85 Å². The Hall–Kier alpha value is -2.06. The van der Waals surface area contributed by atoms with Gasteiger partial charge in [-0.05, 0) is 57.7 Å². The zero-order chi connectivity index (χ0) is 19.1. The molecule has 0 aromatic heterocycles. The first-order valence-electron chi connectivity index (χ1n) is 8.35. The van der Waals surface area contributed by atoms with Gasteiger partial charge < -0.3 is 0 Å². The van der Waals surface area contributed by atoms with E-state index in [-0.39, 0.29) is 11.4 Å². The highest BCUT2D eigenvalue weighted by Gasteiger charge is 2.19. The molecule has 8 heteroatoms. The van der Waals surface area contributed by atoms with Crippen LogP contribution in [0.15, 0.2) is 46.2 Å². The maximum absolute atomic E-state index is 11.4. The van der Waals surface area contributed by atoms with Crippen molar-refractivity contribution in [2.45, 2.75) is 49.3 Å². The minimum absolute atomic E-state index is 0.0405. The molecule has 0 aliphatic heterocycles. The summed E-state index contributed by atoms with van der Waals surface area (Å²) in [5.41, 5.74) is 1.92. The van der Waals surface area contributed by atoms with Crippen molar-refractivity contribution < 1.29 is 9.85 Å². The first-order chi connectivity index (χ1) is 12.5. The summed E-state index contributed by atoms with van der Waals surface area (Å²) >= 11 is 0. The molecule has 0 unspecified atom stereocenters. The predicted molar refractivity (Wildman–Crippen MR) is 106 cm³/mol. The summed E-state index contributed by atoms with van der Waals surface area (Å²) in [5.74, 6) is 0. The van der Waals surface area contributed by atoms with Gasteiger partial charge in [-0.25, -0.2) is 0 Å². The summed E-state index contributed by atoms with van der Waals surface area (Å²) in [6.45, 7) is 4.04. The fourth-order valence-electron chi connectivity index (χ4n) is 2.53. The van der Waals surface area contributed by atoms with E-state index in [9.17, 15) is 20.2 Å². The fraction of sp³-hybridized carbons (Fsp3) is 0.333. The van der Waals surface area contributed by atoms with E-state index >= 15 is 0 Å². The van der Waals surface area contributed by atoms with Gasteiger partial charge in [-0.3, -0.25) is 20.2 Å². The van der Waals surface area contributed by atoms with E-state index in [4.69, 9.17) is 0 Å². The molecule has 0 fully saturated rings. The molecule has 0 heterocycles.